The fraction of sp³-hybridized carbons (Fsp3) is 0.467. The summed E-state index contributed by atoms with van der Waals surface area (Å²) < 4.78 is 0. The molecule has 2 rings (SSSR count). The number of carboxylic acids is 1. The second kappa shape index (κ2) is 5.41. The van der Waals surface area contributed by atoms with E-state index in [0.29, 0.717) is 13.1 Å². The lowest BCUT2D eigenvalue weighted by molar-refractivity contribution is -0.140. The molecule has 4 heteroatoms. The summed E-state index contributed by atoms with van der Waals surface area (Å²) in [5.41, 5.74) is 1.97. The Labute approximate surface area is 113 Å². The Bertz CT molecular complexity index is 498. The Morgan fingerprint density at radius 2 is 2.11 bits per heavy atom. The van der Waals surface area contributed by atoms with Crippen molar-refractivity contribution in [1.29, 1.82) is 5.26 Å². The number of hydrogen-bond donors (Lipinski definition) is 2. The van der Waals surface area contributed by atoms with E-state index in [1.165, 1.54) is 0 Å². The minimum atomic E-state index is -0.785. The van der Waals surface area contributed by atoms with Gasteiger partial charge in [0, 0.05) is 13.1 Å². The van der Waals surface area contributed by atoms with Crippen LogP contribution in [0.1, 0.15) is 30.9 Å². The fourth-order valence-corrected chi connectivity index (χ4v) is 2.05. The molecule has 100 valence electrons. The highest BCUT2D eigenvalue weighted by atomic mass is 16.4. The fourth-order valence-electron chi connectivity index (χ4n) is 2.05. The zero-order chi connectivity index (χ0) is 13.9. The van der Waals surface area contributed by atoms with Crippen LogP contribution in [0.5, 0.6) is 0 Å². The van der Waals surface area contributed by atoms with Crippen molar-refractivity contribution in [3.63, 3.8) is 0 Å². The number of nitrogens with one attached hydrogen (secondary N) is 1. The smallest absolute Gasteiger partial charge is 0.307 e. The normalized spacial score (nSPS) is 17.5. The highest BCUT2D eigenvalue weighted by Crippen LogP contribution is 2.47. The minimum Gasteiger partial charge on any atom is -0.481 e. The number of rotatable bonds is 6. The second-order valence-corrected chi connectivity index (χ2v) is 5.26. The van der Waals surface area contributed by atoms with E-state index in [2.05, 4.69) is 11.4 Å². The van der Waals surface area contributed by atoms with Crippen LogP contribution in [0.25, 0.3) is 0 Å². The van der Waals surface area contributed by atoms with Gasteiger partial charge in [-0.05, 0) is 24.0 Å². The summed E-state index contributed by atoms with van der Waals surface area (Å²) in [7, 11) is 0. The van der Waals surface area contributed by atoms with Crippen LogP contribution in [0.15, 0.2) is 24.3 Å². The first kappa shape index (κ1) is 13.6. The Balaban J connectivity index is 1.86. The molecule has 1 atom stereocenters. The molecule has 0 aliphatic heterocycles. The monoisotopic (exact) mass is 258 g/mol. The molecule has 1 aliphatic carbocycles. The van der Waals surface area contributed by atoms with Gasteiger partial charge in [0.2, 0.25) is 0 Å². The lowest BCUT2D eigenvalue weighted by Crippen LogP contribution is -2.25. The van der Waals surface area contributed by atoms with Gasteiger partial charge in [0.25, 0.3) is 0 Å². The summed E-state index contributed by atoms with van der Waals surface area (Å²) in [6, 6.07) is 10.4. The zero-order valence-corrected chi connectivity index (χ0v) is 11.0. The number of carboxylic acid groups (broad SMARTS) is 1. The first-order chi connectivity index (χ1) is 9.07. The van der Waals surface area contributed by atoms with Crippen molar-refractivity contribution in [3.05, 3.63) is 35.4 Å². The van der Waals surface area contributed by atoms with Gasteiger partial charge in [0.1, 0.15) is 0 Å². The van der Waals surface area contributed by atoms with Gasteiger partial charge in [-0.3, -0.25) is 4.79 Å². The third-order valence-corrected chi connectivity index (χ3v) is 3.67. The number of nitriles is 1. The van der Waals surface area contributed by atoms with Gasteiger partial charge in [-0.1, -0.05) is 31.2 Å². The topological polar surface area (TPSA) is 73.1 Å². The van der Waals surface area contributed by atoms with Crippen molar-refractivity contribution in [2.24, 2.45) is 5.92 Å². The molecule has 1 aliphatic rings. The van der Waals surface area contributed by atoms with Gasteiger partial charge in [0.05, 0.1) is 17.4 Å². The molecule has 0 aromatic heterocycles. The summed E-state index contributed by atoms with van der Waals surface area (Å²) in [4.78, 5) is 10.7. The molecule has 0 amide bonds. The quantitative estimate of drug-likeness (QED) is 0.819. The van der Waals surface area contributed by atoms with E-state index in [-0.39, 0.29) is 11.3 Å². The number of nitrogens with zero attached hydrogens (tertiary/aromatic N) is 1. The summed E-state index contributed by atoms with van der Waals surface area (Å²) in [6.07, 6.45) is 1.91. The number of carbonyl (C=O) groups is 1. The summed E-state index contributed by atoms with van der Waals surface area (Å²) in [6.45, 7) is 2.79. The van der Waals surface area contributed by atoms with Gasteiger partial charge < -0.3 is 10.4 Å². The predicted molar refractivity (Wildman–Crippen MR) is 71.5 cm³/mol. The van der Waals surface area contributed by atoms with Crippen molar-refractivity contribution in [2.45, 2.75) is 31.7 Å². The van der Waals surface area contributed by atoms with Gasteiger partial charge in [-0.2, -0.15) is 5.26 Å². The molecular formula is C15H18N2O2. The van der Waals surface area contributed by atoms with E-state index >= 15 is 0 Å². The van der Waals surface area contributed by atoms with Crippen LogP contribution in [-0.2, 0) is 16.8 Å². The first-order valence-corrected chi connectivity index (χ1v) is 6.51. The average molecular weight is 258 g/mol. The highest BCUT2D eigenvalue weighted by Gasteiger charge is 2.44. The maximum absolute atomic E-state index is 10.7. The van der Waals surface area contributed by atoms with Crippen molar-refractivity contribution < 1.29 is 9.90 Å². The van der Waals surface area contributed by atoms with Crippen LogP contribution in [0.3, 0.4) is 0 Å². The molecule has 1 aromatic carbocycles. The SMILES string of the molecule is CC(CNCc1ccc(C2(C#N)CC2)cc1)C(=O)O. The molecule has 1 saturated carbocycles. The van der Waals surface area contributed by atoms with Crippen LogP contribution in [0.4, 0.5) is 0 Å². The third kappa shape index (κ3) is 3.12. The van der Waals surface area contributed by atoms with Crippen LogP contribution in [0.2, 0.25) is 0 Å². The molecule has 0 radical (unpaired) electrons. The number of hydrogen-bond acceptors (Lipinski definition) is 3. The lowest BCUT2D eigenvalue weighted by atomic mass is 9.97. The molecule has 0 heterocycles. The van der Waals surface area contributed by atoms with E-state index in [4.69, 9.17) is 10.4 Å². The Hall–Kier alpha value is -1.86. The van der Waals surface area contributed by atoms with Gasteiger partial charge in [-0.15, -0.1) is 0 Å². The zero-order valence-electron chi connectivity index (χ0n) is 11.0. The van der Waals surface area contributed by atoms with Gasteiger partial charge in [0.15, 0.2) is 0 Å². The van der Waals surface area contributed by atoms with E-state index < -0.39 is 5.97 Å². The van der Waals surface area contributed by atoms with E-state index in [1.807, 2.05) is 24.3 Å². The summed E-state index contributed by atoms with van der Waals surface area (Å²) in [5.74, 6) is -1.17. The molecular weight excluding hydrogens is 240 g/mol. The molecule has 0 spiro atoms. The number of aliphatic carboxylic acids is 1. The summed E-state index contributed by atoms with van der Waals surface area (Å²) >= 11 is 0. The average Bonchev–Trinajstić information content (AvgIpc) is 3.20. The first-order valence-electron chi connectivity index (χ1n) is 6.51. The van der Waals surface area contributed by atoms with Crippen LogP contribution in [0, 0.1) is 17.2 Å². The van der Waals surface area contributed by atoms with E-state index in [1.54, 1.807) is 6.92 Å². The number of benzene rings is 1. The van der Waals surface area contributed by atoms with E-state index in [9.17, 15) is 4.79 Å². The Morgan fingerprint density at radius 1 is 1.47 bits per heavy atom. The third-order valence-electron chi connectivity index (χ3n) is 3.67. The minimum absolute atomic E-state index is 0.232. The van der Waals surface area contributed by atoms with Crippen molar-refractivity contribution in [1.82, 2.24) is 5.32 Å². The Morgan fingerprint density at radius 3 is 2.58 bits per heavy atom. The maximum atomic E-state index is 10.7. The molecule has 2 N–H and O–H groups in total. The standard InChI is InChI=1S/C15H18N2O2/c1-11(14(18)19)8-17-9-12-2-4-13(5-3-12)15(10-16)6-7-15/h2-5,11,17H,6-9H2,1H3,(H,18,19). The molecule has 1 unspecified atom stereocenters. The summed E-state index contributed by atoms with van der Waals surface area (Å²) in [5, 5.41) is 21.0. The van der Waals surface area contributed by atoms with Crippen molar-refractivity contribution >= 4 is 5.97 Å². The van der Waals surface area contributed by atoms with Crippen LogP contribution >= 0.6 is 0 Å². The maximum Gasteiger partial charge on any atom is 0.307 e. The lowest BCUT2D eigenvalue weighted by Gasteiger charge is -2.10. The van der Waals surface area contributed by atoms with Gasteiger partial charge in [-0.25, -0.2) is 0 Å². The molecule has 0 bridgehead atoms. The largest absolute Gasteiger partial charge is 0.481 e. The molecule has 19 heavy (non-hydrogen) atoms. The van der Waals surface area contributed by atoms with Crippen LogP contribution < -0.4 is 5.32 Å². The van der Waals surface area contributed by atoms with Crippen molar-refractivity contribution in [3.8, 4) is 6.07 Å². The Kier molecular flexibility index (Phi) is 3.87. The second-order valence-electron chi connectivity index (χ2n) is 5.26. The predicted octanol–water partition coefficient (Wildman–Crippen LogP) is 2.05. The van der Waals surface area contributed by atoms with Gasteiger partial charge >= 0.3 is 5.97 Å². The van der Waals surface area contributed by atoms with Crippen molar-refractivity contribution in [2.75, 3.05) is 6.54 Å². The molecule has 1 aromatic rings. The molecule has 4 nitrogen and oxygen atoms in total. The molecule has 0 saturated heterocycles. The molecule has 1 fully saturated rings. The highest BCUT2D eigenvalue weighted by molar-refractivity contribution is 5.69. The van der Waals surface area contributed by atoms with Crippen LogP contribution in [-0.4, -0.2) is 17.6 Å². The van der Waals surface area contributed by atoms with E-state index in [0.717, 1.165) is 24.0 Å².